The predicted octanol–water partition coefficient (Wildman–Crippen LogP) is 4.43. The minimum Gasteiger partial charge on any atom is -0.0842 e. The highest BCUT2D eigenvalue weighted by Crippen LogP contribution is 2.30. The Balaban J connectivity index is 1.99. The van der Waals surface area contributed by atoms with E-state index in [0.29, 0.717) is 0 Å². The van der Waals surface area contributed by atoms with Gasteiger partial charge in [0.2, 0.25) is 0 Å². The van der Waals surface area contributed by atoms with Crippen LogP contribution in [-0.4, -0.2) is 0 Å². The molecule has 1 radical (unpaired) electrons. The molecule has 0 saturated heterocycles. The second-order valence-corrected chi connectivity index (χ2v) is 4.62. The van der Waals surface area contributed by atoms with Gasteiger partial charge in [-0.05, 0) is 49.7 Å². The molecule has 2 aliphatic rings. The summed E-state index contributed by atoms with van der Waals surface area (Å²) in [6, 6.07) is 0. The van der Waals surface area contributed by atoms with Crippen LogP contribution in [0.25, 0.3) is 0 Å². The van der Waals surface area contributed by atoms with Crippen molar-refractivity contribution in [3.05, 3.63) is 23.8 Å². The summed E-state index contributed by atoms with van der Waals surface area (Å²) in [4.78, 5) is 0. The van der Waals surface area contributed by atoms with Crippen LogP contribution < -0.4 is 0 Å². The lowest BCUT2D eigenvalue weighted by molar-refractivity contribution is 0.536. The van der Waals surface area contributed by atoms with E-state index in [1.54, 1.807) is 0 Å². The molecule has 0 heterocycles. The number of hydrogen-bond donors (Lipinski definition) is 0. The highest BCUT2D eigenvalue weighted by atomic mass is 14.2. The lowest BCUT2D eigenvalue weighted by Crippen LogP contribution is -2.01. The van der Waals surface area contributed by atoms with Crippen molar-refractivity contribution in [1.29, 1.82) is 0 Å². The standard InChI is InChI=1S/C14H21/c1-2-6-10-13(9-5-1)14-11-7-3-4-8-12-14/h5,9,14H,1-4,6-8,11-12H2. The van der Waals surface area contributed by atoms with Gasteiger partial charge in [-0.2, -0.15) is 0 Å². The second kappa shape index (κ2) is 5.38. The third kappa shape index (κ3) is 2.73. The lowest BCUT2D eigenvalue weighted by atomic mass is 9.91. The van der Waals surface area contributed by atoms with Gasteiger partial charge in [0.15, 0.2) is 0 Å². The maximum atomic E-state index is 3.61. The molecule has 0 aromatic rings. The Morgan fingerprint density at radius 2 is 1.79 bits per heavy atom. The van der Waals surface area contributed by atoms with Crippen molar-refractivity contribution in [3.8, 4) is 0 Å². The maximum absolute atomic E-state index is 3.61. The summed E-state index contributed by atoms with van der Waals surface area (Å²) < 4.78 is 0. The Labute approximate surface area is 88.1 Å². The van der Waals surface area contributed by atoms with Crippen molar-refractivity contribution in [2.24, 2.45) is 5.92 Å². The molecule has 0 heteroatoms. The first-order valence-corrected chi connectivity index (χ1v) is 6.24. The zero-order valence-corrected chi connectivity index (χ0v) is 9.10. The third-order valence-corrected chi connectivity index (χ3v) is 3.47. The molecule has 0 bridgehead atoms. The third-order valence-electron chi connectivity index (χ3n) is 3.47. The lowest BCUT2D eigenvalue weighted by Gasteiger charge is -2.14. The molecule has 2 rings (SSSR count). The second-order valence-electron chi connectivity index (χ2n) is 4.62. The molecule has 0 atom stereocenters. The van der Waals surface area contributed by atoms with Crippen LogP contribution in [0, 0.1) is 12.0 Å². The van der Waals surface area contributed by atoms with Gasteiger partial charge in [0.1, 0.15) is 0 Å². The Kier molecular flexibility index (Phi) is 3.85. The van der Waals surface area contributed by atoms with Gasteiger partial charge in [-0.3, -0.25) is 0 Å². The summed E-state index contributed by atoms with van der Waals surface area (Å²) in [5, 5.41) is 0. The van der Waals surface area contributed by atoms with E-state index >= 15 is 0 Å². The first kappa shape index (κ1) is 10.0. The van der Waals surface area contributed by atoms with E-state index in [4.69, 9.17) is 0 Å². The zero-order chi connectivity index (χ0) is 9.64. The monoisotopic (exact) mass is 189 g/mol. The molecular weight excluding hydrogens is 168 g/mol. The quantitative estimate of drug-likeness (QED) is 0.535. The molecule has 2 aliphatic carbocycles. The molecule has 1 fully saturated rings. The van der Waals surface area contributed by atoms with E-state index in [1.807, 2.05) is 0 Å². The summed E-state index contributed by atoms with van der Waals surface area (Å²) in [6.07, 6.45) is 20.6. The molecule has 0 N–H and O–H groups in total. The van der Waals surface area contributed by atoms with Crippen LogP contribution in [0.15, 0.2) is 17.7 Å². The minimum absolute atomic E-state index is 0.840. The Morgan fingerprint density at radius 3 is 2.57 bits per heavy atom. The van der Waals surface area contributed by atoms with Crippen LogP contribution in [0.4, 0.5) is 0 Å². The van der Waals surface area contributed by atoms with Gasteiger partial charge in [-0.1, -0.05) is 37.8 Å². The van der Waals surface area contributed by atoms with Crippen LogP contribution in [0.3, 0.4) is 0 Å². The smallest absolute Gasteiger partial charge is 0.0159 e. The number of hydrogen-bond acceptors (Lipinski definition) is 0. The average Bonchev–Trinajstić information content (AvgIpc) is 2.62. The molecule has 0 aliphatic heterocycles. The number of rotatable bonds is 1. The topological polar surface area (TPSA) is 0 Å². The molecule has 0 unspecified atom stereocenters. The van der Waals surface area contributed by atoms with Crippen molar-refractivity contribution in [3.63, 3.8) is 0 Å². The SMILES string of the molecule is [C]1=C(C2CCCCCC2)C=CCCC1. The molecule has 0 aromatic carbocycles. The Morgan fingerprint density at radius 1 is 1.00 bits per heavy atom. The van der Waals surface area contributed by atoms with Crippen LogP contribution in [0.1, 0.15) is 57.8 Å². The minimum atomic E-state index is 0.840. The molecule has 0 spiro atoms. The van der Waals surface area contributed by atoms with Gasteiger partial charge in [0.25, 0.3) is 0 Å². The van der Waals surface area contributed by atoms with Gasteiger partial charge in [-0.25, -0.2) is 0 Å². The van der Waals surface area contributed by atoms with E-state index in [0.717, 1.165) is 5.92 Å². The molecule has 14 heavy (non-hydrogen) atoms. The number of allylic oxidation sites excluding steroid dienone is 4. The molecular formula is C14H21. The fourth-order valence-electron chi connectivity index (χ4n) is 2.59. The van der Waals surface area contributed by atoms with Crippen molar-refractivity contribution >= 4 is 0 Å². The van der Waals surface area contributed by atoms with E-state index in [9.17, 15) is 0 Å². The highest BCUT2D eigenvalue weighted by Gasteiger charge is 2.15. The summed E-state index contributed by atoms with van der Waals surface area (Å²) in [5.74, 6) is 0.840. The predicted molar refractivity (Wildman–Crippen MR) is 60.9 cm³/mol. The molecule has 0 aromatic heterocycles. The normalized spacial score (nSPS) is 25.3. The van der Waals surface area contributed by atoms with E-state index in [-0.39, 0.29) is 0 Å². The molecule has 0 amide bonds. The molecule has 0 nitrogen and oxygen atoms in total. The zero-order valence-electron chi connectivity index (χ0n) is 9.10. The summed E-state index contributed by atoms with van der Waals surface area (Å²) >= 11 is 0. The van der Waals surface area contributed by atoms with Crippen molar-refractivity contribution in [2.75, 3.05) is 0 Å². The Hall–Kier alpha value is -0.520. The van der Waals surface area contributed by atoms with Gasteiger partial charge in [-0.15, -0.1) is 0 Å². The maximum Gasteiger partial charge on any atom is -0.0159 e. The molecule has 1 saturated carbocycles. The van der Waals surface area contributed by atoms with Crippen LogP contribution >= 0.6 is 0 Å². The van der Waals surface area contributed by atoms with Gasteiger partial charge < -0.3 is 0 Å². The summed E-state index contributed by atoms with van der Waals surface area (Å²) in [6.45, 7) is 0. The average molecular weight is 189 g/mol. The highest BCUT2D eigenvalue weighted by molar-refractivity contribution is 5.20. The summed E-state index contributed by atoms with van der Waals surface area (Å²) in [5.41, 5.74) is 1.53. The fourth-order valence-corrected chi connectivity index (χ4v) is 2.59. The Bertz CT molecular complexity index is 214. The fraction of sp³-hybridized carbons (Fsp3) is 0.714. The van der Waals surface area contributed by atoms with Gasteiger partial charge in [0.05, 0.1) is 0 Å². The van der Waals surface area contributed by atoms with Crippen LogP contribution in [0.2, 0.25) is 0 Å². The van der Waals surface area contributed by atoms with Crippen LogP contribution in [-0.2, 0) is 0 Å². The van der Waals surface area contributed by atoms with E-state index < -0.39 is 0 Å². The van der Waals surface area contributed by atoms with Crippen molar-refractivity contribution in [1.82, 2.24) is 0 Å². The summed E-state index contributed by atoms with van der Waals surface area (Å²) in [7, 11) is 0. The van der Waals surface area contributed by atoms with Gasteiger partial charge in [0, 0.05) is 0 Å². The first-order chi connectivity index (χ1) is 6.97. The first-order valence-electron chi connectivity index (χ1n) is 6.24. The van der Waals surface area contributed by atoms with E-state index in [1.165, 1.54) is 63.4 Å². The van der Waals surface area contributed by atoms with Crippen molar-refractivity contribution in [2.45, 2.75) is 57.8 Å². The van der Waals surface area contributed by atoms with Crippen LogP contribution in [0.5, 0.6) is 0 Å². The van der Waals surface area contributed by atoms with Gasteiger partial charge >= 0.3 is 0 Å². The van der Waals surface area contributed by atoms with Crippen molar-refractivity contribution < 1.29 is 0 Å². The largest absolute Gasteiger partial charge is 0.0842 e. The molecule has 77 valence electrons. The van der Waals surface area contributed by atoms with E-state index in [2.05, 4.69) is 18.2 Å².